The van der Waals surface area contributed by atoms with Crippen molar-refractivity contribution in [3.63, 3.8) is 0 Å². The molecule has 118 valence electrons. The lowest BCUT2D eigenvalue weighted by Gasteiger charge is -2.30. The van der Waals surface area contributed by atoms with Crippen molar-refractivity contribution < 1.29 is 4.79 Å². The van der Waals surface area contributed by atoms with Crippen LogP contribution >= 0.6 is 0 Å². The molecule has 1 amide bonds. The largest absolute Gasteiger partial charge is 0.351 e. The molecule has 0 saturated carbocycles. The molecule has 1 fully saturated rings. The predicted octanol–water partition coefficient (Wildman–Crippen LogP) is 2.41. The lowest BCUT2D eigenvalue weighted by atomic mass is 10.0. The summed E-state index contributed by atoms with van der Waals surface area (Å²) < 4.78 is 0. The fourth-order valence-corrected chi connectivity index (χ4v) is 3.21. The standard InChI is InChI=1S/C17H24N4O/c1-13-6-4-10-21(12-13)11-5-9-18-17(22)16-14-7-2-3-8-15(14)19-20-16/h2-3,7-8,13H,4-6,9-12H2,1H3,(H,18,22)(H,19,20). The average Bonchev–Trinajstić information content (AvgIpc) is 2.95. The van der Waals surface area contributed by atoms with Crippen LogP contribution in [-0.2, 0) is 0 Å². The lowest BCUT2D eigenvalue weighted by molar-refractivity contribution is 0.0946. The Hall–Kier alpha value is -1.88. The van der Waals surface area contributed by atoms with E-state index in [1.165, 1.54) is 25.9 Å². The number of benzene rings is 1. The summed E-state index contributed by atoms with van der Waals surface area (Å²) in [6.07, 6.45) is 3.63. The van der Waals surface area contributed by atoms with E-state index in [1.54, 1.807) is 0 Å². The van der Waals surface area contributed by atoms with Crippen molar-refractivity contribution in [1.29, 1.82) is 0 Å². The number of fused-ring (bicyclic) bond motifs is 1. The Bertz CT molecular complexity index is 636. The van der Waals surface area contributed by atoms with Crippen LogP contribution < -0.4 is 5.32 Å². The maximum atomic E-state index is 12.2. The zero-order chi connectivity index (χ0) is 15.4. The van der Waals surface area contributed by atoms with Gasteiger partial charge in [0.2, 0.25) is 0 Å². The summed E-state index contributed by atoms with van der Waals surface area (Å²) in [4.78, 5) is 14.7. The van der Waals surface area contributed by atoms with Crippen LogP contribution in [-0.4, -0.2) is 47.2 Å². The van der Waals surface area contributed by atoms with E-state index in [-0.39, 0.29) is 5.91 Å². The molecule has 5 heteroatoms. The number of nitrogens with zero attached hydrogens (tertiary/aromatic N) is 2. The molecular weight excluding hydrogens is 276 g/mol. The molecule has 3 rings (SSSR count). The molecule has 1 atom stereocenters. The van der Waals surface area contributed by atoms with Gasteiger partial charge in [-0.15, -0.1) is 0 Å². The molecule has 0 aliphatic carbocycles. The molecule has 1 saturated heterocycles. The highest BCUT2D eigenvalue weighted by Gasteiger charge is 2.16. The number of nitrogens with one attached hydrogen (secondary N) is 2. The second-order valence-electron chi connectivity index (χ2n) is 6.28. The third kappa shape index (κ3) is 3.47. The first-order valence-electron chi connectivity index (χ1n) is 8.17. The molecule has 2 N–H and O–H groups in total. The maximum absolute atomic E-state index is 12.2. The Morgan fingerprint density at radius 1 is 1.45 bits per heavy atom. The number of likely N-dealkylation sites (tertiary alicyclic amines) is 1. The molecule has 1 aliphatic rings. The topological polar surface area (TPSA) is 61.0 Å². The minimum atomic E-state index is -0.0931. The molecular formula is C17H24N4O. The van der Waals surface area contributed by atoms with E-state index in [0.29, 0.717) is 12.2 Å². The van der Waals surface area contributed by atoms with Crippen molar-refractivity contribution in [2.24, 2.45) is 5.92 Å². The van der Waals surface area contributed by atoms with Crippen LogP contribution in [0, 0.1) is 5.92 Å². The number of para-hydroxylation sites is 1. The van der Waals surface area contributed by atoms with Gasteiger partial charge in [0, 0.05) is 18.5 Å². The molecule has 1 unspecified atom stereocenters. The van der Waals surface area contributed by atoms with Crippen molar-refractivity contribution in [2.75, 3.05) is 26.2 Å². The smallest absolute Gasteiger partial charge is 0.272 e. The lowest BCUT2D eigenvalue weighted by Crippen LogP contribution is -2.36. The number of hydrogen-bond donors (Lipinski definition) is 2. The Morgan fingerprint density at radius 2 is 2.32 bits per heavy atom. The fraction of sp³-hybridized carbons (Fsp3) is 0.529. The molecule has 2 aromatic rings. The van der Waals surface area contributed by atoms with Gasteiger partial charge in [-0.05, 0) is 44.3 Å². The summed E-state index contributed by atoms with van der Waals surface area (Å²) in [5.41, 5.74) is 1.39. The van der Waals surface area contributed by atoms with Gasteiger partial charge in [-0.3, -0.25) is 9.89 Å². The molecule has 22 heavy (non-hydrogen) atoms. The second kappa shape index (κ2) is 6.92. The third-order valence-corrected chi connectivity index (χ3v) is 4.36. The zero-order valence-electron chi connectivity index (χ0n) is 13.1. The number of aromatic nitrogens is 2. The van der Waals surface area contributed by atoms with Crippen molar-refractivity contribution in [2.45, 2.75) is 26.2 Å². The van der Waals surface area contributed by atoms with Crippen LogP contribution in [0.25, 0.3) is 10.9 Å². The predicted molar refractivity (Wildman–Crippen MR) is 87.9 cm³/mol. The van der Waals surface area contributed by atoms with Crippen molar-refractivity contribution in [3.05, 3.63) is 30.0 Å². The van der Waals surface area contributed by atoms with Gasteiger partial charge < -0.3 is 10.2 Å². The number of aromatic amines is 1. The Morgan fingerprint density at radius 3 is 3.18 bits per heavy atom. The minimum Gasteiger partial charge on any atom is -0.351 e. The molecule has 5 nitrogen and oxygen atoms in total. The number of carbonyl (C=O) groups excluding carboxylic acids is 1. The van der Waals surface area contributed by atoms with Crippen LogP contribution in [0.1, 0.15) is 36.7 Å². The molecule has 1 aromatic carbocycles. The van der Waals surface area contributed by atoms with Crippen LogP contribution in [0.15, 0.2) is 24.3 Å². The van der Waals surface area contributed by atoms with Crippen molar-refractivity contribution in [3.8, 4) is 0 Å². The van der Waals surface area contributed by atoms with Gasteiger partial charge in [0.25, 0.3) is 5.91 Å². The van der Waals surface area contributed by atoms with Gasteiger partial charge in [-0.1, -0.05) is 25.1 Å². The van der Waals surface area contributed by atoms with Gasteiger partial charge in [0.1, 0.15) is 0 Å². The maximum Gasteiger partial charge on any atom is 0.272 e. The van der Waals surface area contributed by atoms with Crippen LogP contribution in [0.3, 0.4) is 0 Å². The minimum absolute atomic E-state index is 0.0931. The summed E-state index contributed by atoms with van der Waals surface area (Å²) in [6, 6.07) is 7.70. The van der Waals surface area contributed by atoms with E-state index < -0.39 is 0 Å². The second-order valence-corrected chi connectivity index (χ2v) is 6.28. The SMILES string of the molecule is CC1CCCN(CCCNC(=O)c2n[nH]c3ccccc23)C1. The highest BCUT2D eigenvalue weighted by atomic mass is 16.1. The molecule has 1 aliphatic heterocycles. The van der Waals surface area contributed by atoms with Crippen molar-refractivity contribution >= 4 is 16.8 Å². The van der Waals surface area contributed by atoms with Crippen LogP contribution in [0.4, 0.5) is 0 Å². The van der Waals surface area contributed by atoms with Crippen molar-refractivity contribution in [1.82, 2.24) is 20.4 Å². The summed E-state index contributed by atoms with van der Waals surface area (Å²) in [7, 11) is 0. The highest BCUT2D eigenvalue weighted by Crippen LogP contribution is 2.16. The normalized spacial score (nSPS) is 19.4. The van der Waals surface area contributed by atoms with Gasteiger partial charge in [0.05, 0.1) is 5.52 Å². The Kier molecular flexibility index (Phi) is 4.73. The van der Waals surface area contributed by atoms with E-state index in [4.69, 9.17) is 0 Å². The Balaban J connectivity index is 1.46. The summed E-state index contributed by atoms with van der Waals surface area (Å²) in [6.45, 7) is 6.47. The summed E-state index contributed by atoms with van der Waals surface area (Å²) >= 11 is 0. The van der Waals surface area contributed by atoms with E-state index in [1.807, 2.05) is 24.3 Å². The summed E-state index contributed by atoms with van der Waals surface area (Å²) in [5.74, 6) is 0.711. The zero-order valence-corrected chi connectivity index (χ0v) is 13.1. The Labute approximate surface area is 131 Å². The number of amides is 1. The third-order valence-electron chi connectivity index (χ3n) is 4.36. The molecule has 2 heterocycles. The molecule has 0 spiro atoms. The summed E-state index contributed by atoms with van der Waals surface area (Å²) in [5, 5.41) is 10.9. The monoisotopic (exact) mass is 300 g/mol. The molecule has 0 radical (unpaired) electrons. The first kappa shape index (κ1) is 15.0. The van der Waals surface area contributed by atoms with E-state index in [9.17, 15) is 4.79 Å². The quantitative estimate of drug-likeness (QED) is 0.834. The molecule has 0 bridgehead atoms. The van der Waals surface area contributed by atoms with Gasteiger partial charge in [0.15, 0.2) is 5.69 Å². The fourth-order valence-electron chi connectivity index (χ4n) is 3.21. The van der Waals surface area contributed by atoms with Crippen LogP contribution in [0.2, 0.25) is 0 Å². The van der Waals surface area contributed by atoms with Gasteiger partial charge in [-0.25, -0.2) is 0 Å². The molecule has 1 aromatic heterocycles. The number of piperidine rings is 1. The number of H-pyrrole nitrogens is 1. The first-order chi connectivity index (χ1) is 10.7. The number of rotatable bonds is 5. The van der Waals surface area contributed by atoms with E-state index >= 15 is 0 Å². The van der Waals surface area contributed by atoms with Crippen LogP contribution in [0.5, 0.6) is 0 Å². The average molecular weight is 300 g/mol. The highest BCUT2D eigenvalue weighted by molar-refractivity contribution is 6.04. The number of hydrogen-bond acceptors (Lipinski definition) is 3. The van der Waals surface area contributed by atoms with E-state index in [0.717, 1.165) is 29.8 Å². The van der Waals surface area contributed by atoms with Gasteiger partial charge in [-0.2, -0.15) is 5.10 Å². The van der Waals surface area contributed by atoms with Gasteiger partial charge >= 0.3 is 0 Å². The van der Waals surface area contributed by atoms with E-state index in [2.05, 4.69) is 27.3 Å². The number of carbonyl (C=O) groups is 1. The first-order valence-corrected chi connectivity index (χ1v) is 8.17.